The van der Waals surface area contributed by atoms with Gasteiger partial charge in [-0.3, -0.25) is 4.79 Å². The number of amides is 1. The normalized spacial score (nSPS) is 10.9. The predicted octanol–water partition coefficient (Wildman–Crippen LogP) is 2.64. The summed E-state index contributed by atoms with van der Waals surface area (Å²) in [5.74, 6) is 0.119. The van der Waals surface area contributed by atoms with Gasteiger partial charge in [0.15, 0.2) is 0 Å². The molecule has 0 fully saturated rings. The monoisotopic (exact) mass is 349 g/mol. The van der Waals surface area contributed by atoms with Crippen molar-refractivity contribution < 1.29 is 4.79 Å². The number of carbonyl (C=O) groups excluding carboxylic acids is 1. The molecule has 0 bridgehead atoms. The van der Waals surface area contributed by atoms with Gasteiger partial charge in [-0.1, -0.05) is 25.1 Å². The Bertz CT molecular complexity index is 430. The van der Waals surface area contributed by atoms with E-state index in [1.165, 1.54) is 11.3 Å². The molecule has 0 aliphatic rings. The summed E-state index contributed by atoms with van der Waals surface area (Å²) in [4.78, 5) is 14.1. The van der Waals surface area contributed by atoms with Gasteiger partial charge in [-0.25, -0.2) is 0 Å². The van der Waals surface area contributed by atoms with Crippen molar-refractivity contribution in [2.24, 2.45) is 5.92 Å². The number of benzene rings is 1. The third-order valence-corrected chi connectivity index (χ3v) is 3.48. The minimum Gasteiger partial charge on any atom is -0.370 e. The van der Waals surface area contributed by atoms with Crippen LogP contribution in [0.2, 0.25) is 0 Å². The zero-order valence-corrected chi connectivity index (χ0v) is 15.5. The zero-order valence-electron chi connectivity index (χ0n) is 13.9. The number of aryl methyl sites for hydroxylation is 1. The van der Waals surface area contributed by atoms with Gasteiger partial charge < -0.3 is 15.5 Å². The summed E-state index contributed by atoms with van der Waals surface area (Å²) in [6.07, 6.45) is 0. The second kappa shape index (κ2) is 12.6. The Hall–Kier alpha value is -0.970. The van der Waals surface area contributed by atoms with E-state index in [9.17, 15) is 4.79 Å². The van der Waals surface area contributed by atoms with Crippen LogP contribution in [-0.2, 0) is 4.79 Å². The van der Waals surface area contributed by atoms with E-state index >= 15 is 0 Å². The lowest BCUT2D eigenvalue weighted by Crippen LogP contribution is -2.39. The number of anilines is 1. The number of para-hydroxylation sites is 1. The van der Waals surface area contributed by atoms with Gasteiger partial charge in [-0.2, -0.15) is 0 Å². The summed E-state index contributed by atoms with van der Waals surface area (Å²) in [5, 5.41) is 6.02. The number of hydrogen-bond donors (Lipinski definition) is 2. The van der Waals surface area contributed by atoms with E-state index in [0.29, 0.717) is 13.1 Å². The number of likely N-dealkylation sites (N-methyl/N-ethyl adjacent to an activating group) is 1. The average molecular weight is 350 g/mol. The molecule has 22 heavy (non-hydrogen) atoms. The fourth-order valence-electron chi connectivity index (χ4n) is 2.25. The average Bonchev–Trinajstić information content (AvgIpc) is 2.44. The Morgan fingerprint density at radius 1 is 1.27 bits per heavy atom. The lowest BCUT2D eigenvalue weighted by molar-refractivity contribution is -0.124. The molecule has 1 rings (SSSR count). The Balaban J connectivity index is 0. The number of hydrogen-bond acceptors (Lipinski definition) is 3. The van der Waals surface area contributed by atoms with E-state index in [0.717, 1.165) is 13.1 Å². The first-order chi connectivity index (χ1) is 9.60. The predicted molar refractivity (Wildman–Crippen MR) is 99.7 cm³/mol. The Kier molecular flexibility index (Phi) is 13.3. The van der Waals surface area contributed by atoms with Gasteiger partial charge in [0, 0.05) is 37.8 Å². The topological polar surface area (TPSA) is 44.4 Å². The van der Waals surface area contributed by atoms with E-state index in [4.69, 9.17) is 0 Å². The molecule has 0 radical (unpaired) electrons. The van der Waals surface area contributed by atoms with Crippen molar-refractivity contribution in [3.05, 3.63) is 29.8 Å². The highest BCUT2D eigenvalue weighted by Gasteiger charge is 2.12. The van der Waals surface area contributed by atoms with Crippen molar-refractivity contribution in [3.8, 4) is 0 Å². The molecular formula is C16H29Cl2N3O. The molecule has 0 aliphatic heterocycles. The third-order valence-electron chi connectivity index (χ3n) is 3.48. The van der Waals surface area contributed by atoms with Gasteiger partial charge >= 0.3 is 0 Å². The molecule has 1 unspecified atom stereocenters. The third kappa shape index (κ3) is 7.34. The van der Waals surface area contributed by atoms with Crippen molar-refractivity contribution in [3.63, 3.8) is 0 Å². The van der Waals surface area contributed by atoms with Crippen LogP contribution in [0.1, 0.15) is 19.4 Å². The molecule has 128 valence electrons. The SMILES string of the molecule is CCN(CCNC(=O)C(C)CNC)c1ccccc1C.Cl.Cl. The van der Waals surface area contributed by atoms with Gasteiger partial charge in [0.2, 0.25) is 5.91 Å². The summed E-state index contributed by atoms with van der Waals surface area (Å²) in [5.41, 5.74) is 2.51. The molecule has 0 saturated carbocycles. The summed E-state index contributed by atoms with van der Waals surface area (Å²) >= 11 is 0. The van der Waals surface area contributed by atoms with Crippen molar-refractivity contribution in [2.45, 2.75) is 20.8 Å². The van der Waals surface area contributed by atoms with Gasteiger partial charge in [-0.15, -0.1) is 24.8 Å². The van der Waals surface area contributed by atoms with Gasteiger partial charge in [-0.05, 0) is 32.5 Å². The van der Waals surface area contributed by atoms with Crippen molar-refractivity contribution in [1.29, 1.82) is 0 Å². The first-order valence-corrected chi connectivity index (χ1v) is 7.33. The number of nitrogens with one attached hydrogen (secondary N) is 2. The van der Waals surface area contributed by atoms with Gasteiger partial charge in [0.05, 0.1) is 0 Å². The molecular weight excluding hydrogens is 321 g/mol. The summed E-state index contributed by atoms with van der Waals surface area (Å²) in [7, 11) is 1.86. The van der Waals surface area contributed by atoms with E-state index in [-0.39, 0.29) is 36.6 Å². The molecule has 1 aromatic rings. The lowest BCUT2D eigenvalue weighted by atomic mass is 10.1. The number of nitrogens with zero attached hydrogens (tertiary/aromatic N) is 1. The number of carbonyl (C=O) groups is 1. The molecule has 0 aromatic heterocycles. The number of rotatable bonds is 8. The van der Waals surface area contributed by atoms with Crippen LogP contribution in [0.15, 0.2) is 24.3 Å². The smallest absolute Gasteiger partial charge is 0.224 e. The molecule has 0 spiro atoms. The minimum atomic E-state index is 0. The fourth-order valence-corrected chi connectivity index (χ4v) is 2.25. The molecule has 4 nitrogen and oxygen atoms in total. The number of halogens is 2. The fraction of sp³-hybridized carbons (Fsp3) is 0.562. The molecule has 1 amide bonds. The molecule has 0 saturated heterocycles. The molecule has 1 atom stereocenters. The van der Waals surface area contributed by atoms with E-state index < -0.39 is 0 Å². The van der Waals surface area contributed by atoms with Crippen LogP contribution in [0, 0.1) is 12.8 Å². The largest absolute Gasteiger partial charge is 0.370 e. The Morgan fingerprint density at radius 3 is 2.45 bits per heavy atom. The van der Waals surface area contributed by atoms with Crippen LogP contribution < -0.4 is 15.5 Å². The van der Waals surface area contributed by atoms with Gasteiger partial charge in [0.25, 0.3) is 0 Å². The summed E-state index contributed by atoms with van der Waals surface area (Å²) in [6, 6.07) is 8.35. The Labute approximate surface area is 146 Å². The maximum Gasteiger partial charge on any atom is 0.224 e. The standard InChI is InChI=1S/C16H27N3O.2ClH/c1-5-19(15-9-7-6-8-13(15)2)11-10-18-16(20)14(3)12-17-4;;/h6-9,14,17H,5,10-12H2,1-4H3,(H,18,20);2*1H. The zero-order chi connectivity index (χ0) is 15.0. The second-order valence-corrected chi connectivity index (χ2v) is 5.12. The maximum absolute atomic E-state index is 11.8. The van der Waals surface area contributed by atoms with Crippen molar-refractivity contribution in [2.75, 3.05) is 38.1 Å². The van der Waals surface area contributed by atoms with Crippen LogP contribution >= 0.6 is 24.8 Å². The quantitative estimate of drug-likeness (QED) is 0.758. The van der Waals surface area contributed by atoms with E-state index in [2.05, 4.69) is 47.6 Å². The second-order valence-electron chi connectivity index (χ2n) is 5.12. The Morgan fingerprint density at radius 2 is 1.91 bits per heavy atom. The highest BCUT2D eigenvalue weighted by Crippen LogP contribution is 2.18. The van der Waals surface area contributed by atoms with Crippen LogP contribution in [0.5, 0.6) is 0 Å². The van der Waals surface area contributed by atoms with Gasteiger partial charge in [0.1, 0.15) is 0 Å². The van der Waals surface area contributed by atoms with Crippen molar-refractivity contribution in [1.82, 2.24) is 10.6 Å². The highest BCUT2D eigenvalue weighted by molar-refractivity contribution is 5.85. The van der Waals surface area contributed by atoms with Crippen LogP contribution in [0.3, 0.4) is 0 Å². The van der Waals surface area contributed by atoms with Crippen LogP contribution in [-0.4, -0.2) is 39.1 Å². The molecule has 2 N–H and O–H groups in total. The van der Waals surface area contributed by atoms with Crippen LogP contribution in [0.25, 0.3) is 0 Å². The summed E-state index contributed by atoms with van der Waals surface area (Å²) < 4.78 is 0. The highest BCUT2D eigenvalue weighted by atomic mass is 35.5. The van der Waals surface area contributed by atoms with Crippen LogP contribution in [0.4, 0.5) is 5.69 Å². The first-order valence-electron chi connectivity index (χ1n) is 7.33. The molecule has 1 aromatic carbocycles. The molecule has 0 heterocycles. The summed E-state index contributed by atoms with van der Waals surface area (Å²) in [6.45, 7) is 9.34. The molecule has 0 aliphatic carbocycles. The first kappa shape index (κ1) is 23.3. The minimum absolute atomic E-state index is 0. The maximum atomic E-state index is 11.8. The van der Waals surface area contributed by atoms with E-state index in [1.54, 1.807) is 0 Å². The lowest BCUT2D eigenvalue weighted by Gasteiger charge is -2.25. The molecule has 6 heteroatoms. The van der Waals surface area contributed by atoms with E-state index in [1.807, 2.05) is 20.0 Å². The van der Waals surface area contributed by atoms with Crippen molar-refractivity contribution >= 4 is 36.4 Å².